The van der Waals surface area contributed by atoms with Crippen LogP contribution < -0.4 is 10.2 Å². The number of pyridine rings is 1. The largest absolute Gasteiger partial charge is 0.372 e. The first-order chi connectivity index (χ1) is 15.3. The van der Waals surface area contributed by atoms with Crippen molar-refractivity contribution in [2.45, 2.75) is 72.1 Å². The molecule has 1 saturated carbocycles. The molecule has 5 nitrogen and oxygen atoms in total. The van der Waals surface area contributed by atoms with Crippen molar-refractivity contribution in [3.63, 3.8) is 0 Å². The fraction of sp³-hybridized carbons (Fsp3) is 0.538. The standard InChI is InChI=1S/C26H34FN3O2/c1-16-8-21(9-17(2)29-16)26-22(13-28-25(31)10-20-6-5-7-20)11-23(12-24(26)27)30-14-18(3)32-19(4)15-30/h8-9,11-12,18-20H,5-7,10,13-15H2,1-4H3,(H,28,31)/t18-,19+. The number of morpholine rings is 1. The number of halogens is 1. The summed E-state index contributed by atoms with van der Waals surface area (Å²) in [5.74, 6) is 0.268. The van der Waals surface area contributed by atoms with E-state index in [9.17, 15) is 4.79 Å². The Morgan fingerprint density at radius 3 is 2.38 bits per heavy atom. The summed E-state index contributed by atoms with van der Waals surface area (Å²) >= 11 is 0. The van der Waals surface area contributed by atoms with Gasteiger partial charge in [-0.2, -0.15) is 0 Å². The highest BCUT2D eigenvalue weighted by atomic mass is 19.1. The summed E-state index contributed by atoms with van der Waals surface area (Å²) in [5, 5.41) is 3.05. The van der Waals surface area contributed by atoms with E-state index in [0.29, 0.717) is 37.5 Å². The first-order valence-corrected chi connectivity index (χ1v) is 11.7. The summed E-state index contributed by atoms with van der Waals surface area (Å²) in [7, 11) is 0. The first-order valence-electron chi connectivity index (χ1n) is 11.7. The van der Waals surface area contributed by atoms with Gasteiger partial charge in [0.2, 0.25) is 5.91 Å². The molecule has 0 bridgehead atoms. The number of aromatic nitrogens is 1. The smallest absolute Gasteiger partial charge is 0.220 e. The van der Waals surface area contributed by atoms with E-state index in [1.54, 1.807) is 6.07 Å². The van der Waals surface area contributed by atoms with E-state index in [0.717, 1.165) is 41.0 Å². The highest BCUT2D eigenvalue weighted by Gasteiger charge is 2.25. The van der Waals surface area contributed by atoms with E-state index in [2.05, 4.69) is 15.2 Å². The van der Waals surface area contributed by atoms with Crippen LogP contribution in [0.25, 0.3) is 11.1 Å². The van der Waals surface area contributed by atoms with Gasteiger partial charge in [-0.25, -0.2) is 4.39 Å². The molecule has 4 rings (SSSR count). The monoisotopic (exact) mass is 439 g/mol. The molecule has 2 aromatic rings. The summed E-state index contributed by atoms with van der Waals surface area (Å²) in [6.07, 6.45) is 4.20. The van der Waals surface area contributed by atoms with E-state index >= 15 is 4.39 Å². The number of hydrogen-bond donors (Lipinski definition) is 1. The zero-order valence-electron chi connectivity index (χ0n) is 19.6. The van der Waals surface area contributed by atoms with Crippen molar-refractivity contribution >= 4 is 11.6 Å². The lowest BCUT2D eigenvalue weighted by molar-refractivity contribution is -0.122. The molecule has 1 N–H and O–H groups in total. The highest BCUT2D eigenvalue weighted by molar-refractivity contribution is 5.77. The molecule has 1 saturated heterocycles. The number of carbonyl (C=O) groups is 1. The Kier molecular flexibility index (Phi) is 6.79. The molecule has 1 aliphatic heterocycles. The molecule has 2 fully saturated rings. The van der Waals surface area contributed by atoms with Crippen molar-refractivity contribution in [3.8, 4) is 11.1 Å². The third kappa shape index (κ3) is 5.29. The minimum absolute atomic E-state index is 0.0437. The van der Waals surface area contributed by atoms with Gasteiger partial charge in [0.15, 0.2) is 0 Å². The average Bonchev–Trinajstić information content (AvgIpc) is 2.67. The summed E-state index contributed by atoms with van der Waals surface area (Å²) in [4.78, 5) is 19.1. The topological polar surface area (TPSA) is 54.5 Å². The van der Waals surface area contributed by atoms with E-state index in [4.69, 9.17) is 4.74 Å². The number of nitrogens with one attached hydrogen (secondary N) is 1. The Morgan fingerprint density at radius 1 is 1.12 bits per heavy atom. The summed E-state index contributed by atoms with van der Waals surface area (Å²) in [5.41, 5.74) is 4.66. The summed E-state index contributed by atoms with van der Waals surface area (Å²) < 4.78 is 21.5. The lowest BCUT2D eigenvalue weighted by Gasteiger charge is -2.37. The molecule has 2 atom stereocenters. The molecule has 1 aliphatic carbocycles. The zero-order chi connectivity index (χ0) is 22.8. The molecule has 172 valence electrons. The molecular formula is C26H34FN3O2. The van der Waals surface area contributed by atoms with Crippen LogP contribution in [-0.4, -0.2) is 36.2 Å². The lowest BCUT2D eigenvalue weighted by Crippen LogP contribution is -2.45. The van der Waals surface area contributed by atoms with E-state index in [-0.39, 0.29) is 23.9 Å². The van der Waals surface area contributed by atoms with Crippen LogP contribution in [0, 0.1) is 25.6 Å². The van der Waals surface area contributed by atoms with E-state index in [1.807, 2.05) is 45.9 Å². The number of nitrogens with zero attached hydrogens (tertiary/aromatic N) is 2. The number of benzene rings is 1. The van der Waals surface area contributed by atoms with Gasteiger partial charge in [-0.1, -0.05) is 6.42 Å². The van der Waals surface area contributed by atoms with Crippen molar-refractivity contribution in [3.05, 3.63) is 47.0 Å². The lowest BCUT2D eigenvalue weighted by atomic mass is 9.83. The summed E-state index contributed by atoms with van der Waals surface area (Å²) in [6, 6.07) is 7.45. The maximum atomic E-state index is 15.6. The second-order valence-electron chi connectivity index (χ2n) is 9.54. The third-order valence-electron chi connectivity index (χ3n) is 6.49. The van der Waals surface area contributed by atoms with Gasteiger partial charge in [0.05, 0.1) is 12.2 Å². The van der Waals surface area contributed by atoms with Gasteiger partial charge in [0.1, 0.15) is 5.82 Å². The fourth-order valence-electron chi connectivity index (χ4n) is 4.89. The second kappa shape index (κ2) is 9.57. The SMILES string of the molecule is Cc1cc(-c2c(F)cc(N3C[C@@H](C)O[C@@H](C)C3)cc2CNC(=O)CC2CCC2)cc(C)n1. The Morgan fingerprint density at radius 2 is 1.78 bits per heavy atom. The molecule has 2 heterocycles. The fourth-order valence-corrected chi connectivity index (χ4v) is 4.89. The number of ether oxygens (including phenoxy) is 1. The molecule has 1 aromatic heterocycles. The minimum atomic E-state index is -0.275. The Bertz CT molecular complexity index is 959. The van der Waals surface area contributed by atoms with Gasteiger partial charge in [0.25, 0.3) is 0 Å². The van der Waals surface area contributed by atoms with Crippen molar-refractivity contribution in [2.75, 3.05) is 18.0 Å². The molecule has 2 aliphatic rings. The highest BCUT2D eigenvalue weighted by Crippen LogP contribution is 2.34. The molecule has 0 radical (unpaired) electrons. The molecule has 1 aromatic carbocycles. The molecule has 6 heteroatoms. The minimum Gasteiger partial charge on any atom is -0.372 e. The van der Waals surface area contributed by atoms with Crippen LogP contribution in [0.15, 0.2) is 24.3 Å². The number of carbonyl (C=O) groups excluding carboxylic acids is 1. The average molecular weight is 440 g/mol. The molecular weight excluding hydrogens is 405 g/mol. The zero-order valence-corrected chi connectivity index (χ0v) is 19.6. The Hall–Kier alpha value is -2.47. The van der Waals surface area contributed by atoms with Gasteiger partial charge in [0, 0.05) is 48.7 Å². The van der Waals surface area contributed by atoms with Crippen LogP contribution in [0.5, 0.6) is 0 Å². The van der Waals surface area contributed by atoms with Gasteiger partial charge in [-0.05, 0) is 81.8 Å². The molecule has 32 heavy (non-hydrogen) atoms. The third-order valence-corrected chi connectivity index (χ3v) is 6.49. The number of rotatable bonds is 6. The normalized spacial score (nSPS) is 21.3. The van der Waals surface area contributed by atoms with Crippen LogP contribution in [-0.2, 0) is 16.1 Å². The predicted octanol–water partition coefficient (Wildman–Crippen LogP) is 4.92. The number of anilines is 1. The second-order valence-corrected chi connectivity index (χ2v) is 9.54. The van der Waals surface area contributed by atoms with Gasteiger partial charge >= 0.3 is 0 Å². The van der Waals surface area contributed by atoms with Crippen molar-refractivity contribution in [2.24, 2.45) is 5.92 Å². The maximum absolute atomic E-state index is 15.6. The molecule has 0 spiro atoms. The van der Waals surface area contributed by atoms with Crippen LogP contribution in [0.4, 0.5) is 10.1 Å². The van der Waals surface area contributed by atoms with Crippen molar-refractivity contribution < 1.29 is 13.9 Å². The van der Waals surface area contributed by atoms with Crippen molar-refractivity contribution in [1.82, 2.24) is 10.3 Å². The molecule has 1 amide bonds. The van der Waals surface area contributed by atoms with Gasteiger partial charge < -0.3 is 15.0 Å². The maximum Gasteiger partial charge on any atom is 0.220 e. The number of aryl methyl sites for hydroxylation is 2. The number of amides is 1. The number of hydrogen-bond acceptors (Lipinski definition) is 4. The van der Waals surface area contributed by atoms with Gasteiger partial charge in [-0.15, -0.1) is 0 Å². The van der Waals surface area contributed by atoms with Crippen LogP contribution in [0.3, 0.4) is 0 Å². The van der Waals surface area contributed by atoms with Crippen LogP contribution in [0.2, 0.25) is 0 Å². The van der Waals surface area contributed by atoms with Crippen LogP contribution >= 0.6 is 0 Å². The van der Waals surface area contributed by atoms with Crippen LogP contribution in [0.1, 0.15) is 56.5 Å². The Balaban J connectivity index is 1.66. The Labute approximate surface area is 190 Å². The van der Waals surface area contributed by atoms with E-state index < -0.39 is 0 Å². The van der Waals surface area contributed by atoms with Gasteiger partial charge in [-0.3, -0.25) is 9.78 Å². The predicted molar refractivity (Wildman–Crippen MR) is 125 cm³/mol. The first kappa shape index (κ1) is 22.7. The van der Waals surface area contributed by atoms with Crippen molar-refractivity contribution in [1.29, 1.82) is 0 Å². The quantitative estimate of drug-likeness (QED) is 0.694. The summed E-state index contributed by atoms with van der Waals surface area (Å²) in [6.45, 7) is 9.64. The molecule has 0 unspecified atom stereocenters. The van der Waals surface area contributed by atoms with E-state index in [1.165, 1.54) is 6.42 Å².